The maximum Gasteiger partial charge on any atom is 0.266 e. The summed E-state index contributed by atoms with van der Waals surface area (Å²) in [5, 5.41) is 9.39. The Bertz CT molecular complexity index is 845. The average Bonchev–Trinajstić information content (AvgIpc) is 2.56. The molecule has 2 N–H and O–H groups in total. The van der Waals surface area contributed by atoms with Crippen molar-refractivity contribution in [1.29, 1.82) is 5.26 Å². The van der Waals surface area contributed by atoms with Gasteiger partial charge in [0.05, 0.1) is 5.56 Å². The highest BCUT2D eigenvalue weighted by molar-refractivity contribution is 5.98. The largest absolute Gasteiger partial charge is 0.384 e. The van der Waals surface area contributed by atoms with E-state index in [-0.39, 0.29) is 16.9 Å². The number of hydrogen-bond donors (Lipinski definition) is 1. The quantitative estimate of drug-likeness (QED) is 0.869. The van der Waals surface area contributed by atoms with Crippen molar-refractivity contribution in [3.05, 3.63) is 62.9 Å². The van der Waals surface area contributed by atoms with Crippen molar-refractivity contribution in [3.63, 3.8) is 0 Å². The van der Waals surface area contributed by atoms with Gasteiger partial charge in [-0.15, -0.1) is 0 Å². The lowest BCUT2D eigenvalue weighted by Gasteiger charge is -2.20. The minimum absolute atomic E-state index is 0.0537. The lowest BCUT2D eigenvalue weighted by Crippen LogP contribution is -2.35. The van der Waals surface area contributed by atoms with E-state index < -0.39 is 5.91 Å². The molecule has 0 bridgehead atoms. The first-order valence-corrected chi connectivity index (χ1v) is 7.21. The summed E-state index contributed by atoms with van der Waals surface area (Å²) in [4.78, 5) is 25.3. The van der Waals surface area contributed by atoms with Crippen molar-refractivity contribution >= 4 is 11.7 Å². The van der Waals surface area contributed by atoms with E-state index in [1.807, 2.05) is 0 Å². The van der Waals surface area contributed by atoms with E-state index in [0.29, 0.717) is 29.5 Å². The van der Waals surface area contributed by atoms with Gasteiger partial charge in [0.25, 0.3) is 11.5 Å². The fourth-order valence-corrected chi connectivity index (χ4v) is 2.96. The molecule has 0 fully saturated rings. The van der Waals surface area contributed by atoms with Crippen LogP contribution in [0.25, 0.3) is 0 Å². The van der Waals surface area contributed by atoms with Gasteiger partial charge in [-0.2, -0.15) is 5.26 Å². The number of aromatic nitrogens is 1. The number of carbonyl (C=O) groups is 1. The molecule has 2 aromatic rings. The highest BCUT2D eigenvalue weighted by atomic mass is 16.2. The van der Waals surface area contributed by atoms with Gasteiger partial charge in [-0.05, 0) is 43.4 Å². The van der Waals surface area contributed by atoms with Crippen LogP contribution in [0, 0.1) is 11.3 Å². The van der Waals surface area contributed by atoms with E-state index in [4.69, 9.17) is 5.73 Å². The number of anilines is 1. The van der Waals surface area contributed by atoms with E-state index in [1.165, 1.54) is 0 Å². The first-order chi connectivity index (χ1) is 10.6. The number of carbonyl (C=O) groups excluding carboxylic acids is 1. The van der Waals surface area contributed by atoms with Gasteiger partial charge in [-0.25, -0.2) is 4.57 Å². The molecule has 0 unspecified atom stereocenters. The number of nitrogens with two attached hydrogens (primary N) is 1. The Kier molecular flexibility index (Phi) is 3.51. The third-order valence-corrected chi connectivity index (χ3v) is 4.06. The molecule has 5 nitrogen and oxygen atoms in total. The fourth-order valence-electron chi connectivity index (χ4n) is 2.96. The first kappa shape index (κ1) is 14.1. The van der Waals surface area contributed by atoms with E-state index in [1.54, 1.807) is 30.3 Å². The number of nitrogen functional groups attached to an aromatic ring is 1. The van der Waals surface area contributed by atoms with Crippen molar-refractivity contribution in [1.82, 2.24) is 4.57 Å². The van der Waals surface area contributed by atoms with Gasteiger partial charge >= 0.3 is 0 Å². The smallest absolute Gasteiger partial charge is 0.266 e. The summed E-state index contributed by atoms with van der Waals surface area (Å²) in [7, 11) is 0. The Hall–Kier alpha value is -2.87. The fraction of sp³-hybridized carbons (Fsp3) is 0.235. The normalized spacial score (nSPS) is 13.2. The molecule has 1 aromatic carbocycles. The molecule has 0 spiro atoms. The third kappa shape index (κ3) is 2.09. The van der Waals surface area contributed by atoms with Crippen molar-refractivity contribution in [3.8, 4) is 6.07 Å². The average molecular weight is 293 g/mol. The van der Waals surface area contributed by atoms with Crippen LogP contribution in [0.3, 0.4) is 0 Å². The van der Waals surface area contributed by atoms with Crippen LogP contribution in [0.4, 0.5) is 5.82 Å². The molecule has 0 saturated carbocycles. The van der Waals surface area contributed by atoms with Gasteiger partial charge in [-0.1, -0.05) is 18.2 Å². The third-order valence-electron chi connectivity index (χ3n) is 4.06. The van der Waals surface area contributed by atoms with Gasteiger partial charge < -0.3 is 5.73 Å². The van der Waals surface area contributed by atoms with Crippen LogP contribution >= 0.6 is 0 Å². The van der Waals surface area contributed by atoms with Gasteiger partial charge in [-0.3, -0.25) is 9.59 Å². The van der Waals surface area contributed by atoms with E-state index in [2.05, 4.69) is 6.07 Å². The maximum absolute atomic E-state index is 12.7. The molecule has 0 radical (unpaired) electrons. The molecule has 110 valence electrons. The molecule has 1 aromatic heterocycles. The summed E-state index contributed by atoms with van der Waals surface area (Å²) in [6.45, 7) is 0. The summed E-state index contributed by atoms with van der Waals surface area (Å²) in [6.07, 6.45) is 3.07. The van der Waals surface area contributed by atoms with Crippen LogP contribution in [0.2, 0.25) is 0 Å². The van der Waals surface area contributed by atoms with Crippen molar-refractivity contribution in [2.75, 3.05) is 5.73 Å². The van der Waals surface area contributed by atoms with Gasteiger partial charge in [0, 0.05) is 11.1 Å². The predicted molar refractivity (Wildman–Crippen MR) is 82.6 cm³/mol. The molecular formula is C17H15N3O2. The first-order valence-electron chi connectivity index (χ1n) is 7.21. The summed E-state index contributed by atoms with van der Waals surface area (Å²) in [6, 6.07) is 10.5. The number of benzene rings is 1. The Morgan fingerprint density at radius 1 is 1.14 bits per heavy atom. The predicted octanol–water partition coefficient (Wildman–Crippen LogP) is 1.87. The number of nitrogens with zero attached hydrogens (tertiary/aromatic N) is 2. The van der Waals surface area contributed by atoms with Gasteiger partial charge in [0.1, 0.15) is 11.9 Å². The molecule has 3 rings (SSSR count). The Morgan fingerprint density at radius 2 is 1.77 bits per heavy atom. The minimum atomic E-state index is -0.493. The van der Waals surface area contributed by atoms with Crippen LogP contribution < -0.4 is 11.3 Å². The molecule has 1 aliphatic rings. The molecule has 22 heavy (non-hydrogen) atoms. The second-order valence-corrected chi connectivity index (χ2v) is 5.35. The Balaban J connectivity index is 2.27. The van der Waals surface area contributed by atoms with Crippen LogP contribution in [-0.4, -0.2) is 10.5 Å². The lowest BCUT2D eigenvalue weighted by molar-refractivity contribution is 0.0958. The second kappa shape index (κ2) is 5.49. The zero-order valence-electron chi connectivity index (χ0n) is 12.0. The summed E-state index contributed by atoms with van der Waals surface area (Å²) in [5.41, 5.74) is 7.49. The van der Waals surface area contributed by atoms with E-state index in [9.17, 15) is 14.9 Å². The van der Waals surface area contributed by atoms with E-state index in [0.717, 1.165) is 17.4 Å². The number of fused-ring (bicyclic) bond motifs is 1. The topological polar surface area (TPSA) is 88.9 Å². The lowest BCUT2D eigenvalue weighted by atomic mass is 9.89. The number of rotatable bonds is 1. The highest BCUT2D eigenvalue weighted by Gasteiger charge is 2.25. The zero-order valence-corrected chi connectivity index (χ0v) is 12.0. The summed E-state index contributed by atoms with van der Waals surface area (Å²) < 4.78 is 0.942. The molecule has 0 atom stereocenters. The maximum atomic E-state index is 12.7. The molecule has 0 amide bonds. The second-order valence-electron chi connectivity index (χ2n) is 5.35. The van der Waals surface area contributed by atoms with Gasteiger partial charge in [0.15, 0.2) is 0 Å². The number of pyridine rings is 1. The SMILES string of the molecule is N#Cc1c2c(c(=O)n(C(=O)c3ccccc3)c1N)CCCC2. The van der Waals surface area contributed by atoms with Crippen molar-refractivity contribution in [2.45, 2.75) is 25.7 Å². The number of nitriles is 1. The Morgan fingerprint density at radius 3 is 2.41 bits per heavy atom. The minimum Gasteiger partial charge on any atom is -0.384 e. The number of hydrogen-bond acceptors (Lipinski definition) is 4. The Labute approximate surface area is 127 Å². The monoisotopic (exact) mass is 293 g/mol. The standard InChI is InChI=1S/C17H15N3O2/c18-10-14-12-8-4-5-9-13(12)17(22)20(15(14)19)16(21)11-6-2-1-3-7-11/h1-3,6-7H,4-5,8-9,19H2. The van der Waals surface area contributed by atoms with Crippen LogP contribution in [0.5, 0.6) is 0 Å². The van der Waals surface area contributed by atoms with Crippen molar-refractivity contribution < 1.29 is 4.79 Å². The highest BCUT2D eigenvalue weighted by Crippen LogP contribution is 2.25. The molecular weight excluding hydrogens is 278 g/mol. The molecule has 1 aliphatic carbocycles. The van der Waals surface area contributed by atoms with Gasteiger partial charge in [0.2, 0.25) is 0 Å². The van der Waals surface area contributed by atoms with Crippen molar-refractivity contribution in [2.24, 2.45) is 0 Å². The molecule has 5 heteroatoms. The zero-order chi connectivity index (χ0) is 15.7. The molecule has 0 saturated heterocycles. The summed E-state index contributed by atoms with van der Waals surface area (Å²) in [5.74, 6) is -0.546. The molecule has 0 aliphatic heterocycles. The van der Waals surface area contributed by atoms with Crippen LogP contribution in [0.1, 0.15) is 39.9 Å². The van der Waals surface area contributed by atoms with Crippen LogP contribution in [-0.2, 0) is 12.8 Å². The summed E-state index contributed by atoms with van der Waals surface area (Å²) >= 11 is 0. The van der Waals surface area contributed by atoms with E-state index >= 15 is 0 Å². The molecule has 1 heterocycles. The van der Waals surface area contributed by atoms with Crippen LogP contribution in [0.15, 0.2) is 35.1 Å².